The summed E-state index contributed by atoms with van der Waals surface area (Å²) in [5.41, 5.74) is 13.3. The van der Waals surface area contributed by atoms with E-state index in [4.69, 9.17) is 11.5 Å². The monoisotopic (exact) mass is 362 g/mol. The molecule has 0 aromatic heterocycles. The first-order valence-corrected chi connectivity index (χ1v) is 8.10. The van der Waals surface area contributed by atoms with E-state index in [-0.39, 0.29) is 16.9 Å². The Kier molecular flexibility index (Phi) is 4.94. The van der Waals surface area contributed by atoms with Gasteiger partial charge in [0.1, 0.15) is 5.75 Å². The molecule has 3 rings (SSSR count). The number of phenols is 1. The molecular formula is C20H18N4O3. The molecular weight excluding hydrogens is 344 g/mol. The highest BCUT2D eigenvalue weighted by Crippen LogP contribution is 2.24. The number of phenolic OH excluding ortho intramolecular Hbond substituents is 1. The number of nitrogens with one attached hydrogen (secondary N) is 2. The molecule has 7 heteroatoms. The van der Waals surface area contributed by atoms with E-state index in [9.17, 15) is 14.7 Å². The smallest absolute Gasteiger partial charge is 0.260 e. The fourth-order valence-electron chi connectivity index (χ4n) is 2.49. The zero-order valence-corrected chi connectivity index (χ0v) is 14.3. The molecule has 0 atom stereocenters. The molecule has 7 N–H and O–H groups in total. The minimum Gasteiger partial charge on any atom is -0.507 e. The highest BCUT2D eigenvalue weighted by molar-refractivity contribution is 6.16. The molecule has 0 aliphatic rings. The number of rotatable bonds is 4. The van der Waals surface area contributed by atoms with Crippen molar-refractivity contribution in [2.24, 2.45) is 0 Å². The van der Waals surface area contributed by atoms with Crippen LogP contribution in [0.3, 0.4) is 0 Å². The summed E-state index contributed by atoms with van der Waals surface area (Å²) in [6.07, 6.45) is 0. The first-order valence-electron chi connectivity index (χ1n) is 8.10. The molecule has 2 amide bonds. The molecule has 3 aromatic carbocycles. The predicted octanol–water partition coefficient (Wildman–Crippen LogP) is 3.06. The number of anilines is 4. The van der Waals surface area contributed by atoms with Crippen LogP contribution in [0.25, 0.3) is 0 Å². The van der Waals surface area contributed by atoms with Crippen LogP contribution in [0.2, 0.25) is 0 Å². The Labute approximate surface area is 155 Å². The number of carbonyl (C=O) groups excluding carboxylic acids is 2. The van der Waals surface area contributed by atoms with Crippen LogP contribution in [-0.4, -0.2) is 16.9 Å². The van der Waals surface area contributed by atoms with E-state index in [0.29, 0.717) is 22.7 Å². The van der Waals surface area contributed by atoms with E-state index in [1.54, 1.807) is 48.5 Å². The first-order chi connectivity index (χ1) is 12.9. The Morgan fingerprint density at radius 2 is 1.19 bits per heavy atom. The summed E-state index contributed by atoms with van der Waals surface area (Å²) >= 11 is 0. The summed E-state index contributed by atoms with van der Waals surface area (Å²) < 4.78 is 0. The normalized spacial score (nSPS) is 10.2. The summed E-state index contributed by atoms with van der Waals surface area (Å²) in [6, 6.07) is 17.4. The number of nitrogen functional groups attached to an aromatic ring is 2. The molecule has 27 heavy (non-hydrogen) atoms. The van der Waals surface area contributed by atoms with Gasteiger partial charge in [-0.3, -0.25) is 9.59 Å². The highest BCUT2D eigenvalue weighted by Gasteiger charge is 2.21. The lowest BCUT2D eigenvalue weighted by atomic mass is 10.0. The quantitative estimate of drug-likeness (QED) is 0.455. The summed E-state index contributed by atoms with van der Waals surface area (Å²) in [7, 11) is 0. The third-order valence-corrected chi connectivity index (χ3v) is 3.85. The van der Waals surface area contributed by atoms with Crippen molar-refractivity contribution in [1.82, 2.24) is 0 Å². The third kappa shape index (κ3) is 4.16. The number of hydrogen-bond acceptors (Lipinski definition) is 5. The number of benzene rings is 3. The van der Waals surface area contributed by atoms with Crippen molar-refractivity contribution >= 4 is 34.6 Å². The van der Waals surface area contributed by atoms with Crippen LogP contribution in [0.4, 0.5) is 22.7 Å². The molecule has 0 radical (unpaired) electrons. The third-order valence-electron chi connectivity index (χ3n) is 3.85. The van der Waals surface area contributed by atoms with Crippen molar-refractivity contribution < 1.29 is 14.7 Å². The van der Waals surface area contributed by atoms with Gasteiger partial charge in [-0.05, 0) is 60.7 Å². The molecule has 0 spiro atoms. The fraction of sp³-hybridized carbons (Fsp3) is 0. The molecule has 0 aliphatic heterocycles. The Morgan fingerprint density at radius 3 is 1.70 bits per heavy atom. The number of carbonyl (C=O) groups is 2. The molecule has 3 aromatic rings. The van der Waals surface area contributed by atoms with Gasteiger partial charge in [0.15, 0.2) is 0 Å². The Hall–Kier alpha value is -4.00. The molecule has 136 valence electrons. The van der Waals surface area contributed by atoms with E-state index < -0.39 is 11.8 Å². The van der Waals surface area contributed by atoms with Crippen molar-refractivity contribution in [1.29, 1.82) is 0 Å². The topological polar surface area (TPSA) is 130 Å². The Balaban J connectivity index is 1.87. The summed E-state index contributed by atoms with van der Waals surface area (Å²) in [4.78, 5) is 25.3. The molecule has 0 fully saturated rings. The summed E-state index contributed by atoms with van der Waals surface area (Å²) in [5.74, 6) is -1.44. The fourth-order valence-corrected chi connectivity index (χ4v) is 2.49. The van der Waals surface area contributed by atoms with Gasteiger partial charge in [0, 0.05) is 22.7 Å². The van der Waals surface area contributed by atoms with Crippen molar-refractivity contribution in [2.45, 2.75) is 0 Å². The van der Waals surface area contributed by atoms with E-state index in [1.165, 1.54) is 18.2 Å². The Morgan fingerprint density at radius 1 is 0.704 bits per heavy atom. The van der Waals surface area contributed by atoms with Crippen LogP contribution >= 0.6 is 0 Å². The van der Waals surface area contributed by atoms with Crippen LogP contribution < -0.4 is 22.1 Å². The molecule has 0 saturated carbocycles. The van der Waals surface area contributed by atoms with Crippen molar-refractivity contribution in [2.75, 3.05) is 22.1 Å². The second-order valence-corrected chi connectivity index (χ2v) is 5.85. The lowest BCUT2D eigenvalue weighted by molar-refractivity contribution is 0.0988. The van der Waals surface area contributed by atoms with E-state index in [1.807, 2.05) is 0 Å². The van der Waals surface area contributed by atoms with Crippen LogP contribution in [0.5, 0.6) is 5.75 Å². The highest BCUT2D eigenvalue weighted by atomic mass is 16.3. The molecule has 7 nitrogen and oxygen atoms in total. The zero-order chi connectivity index (χ0) is 19.4. The maximum Gasteiger partial charge on any atom is 0.260 e. The van der Waals surface area contributed by atoms with Gasteiger partial charge >= 0.3 is 0 Å². The van der Waals surface area contributed by atoms with Crippen LogP contribution in [0.1, 0.15) is 20.7 Å². The van der Waals surface area contributed by atoms with Gasteiger partial charge in [-0.15, -0.1) is 0 Å². The van der Waals surface area contributed by atoms with E-state index >= 15 is 0 Å². The molecule has 0 heterocycles. The molecule has 0 saturated heterocycles. The van der Waals surface area contributed by atoms with Crippen molar-refractivity contribution in [3.8, 4) is 5.75 Å². The summed E-state index contributed by atoms with van der Waals surface area (Å²) in [6.45, 7) is 0. The maximum atomic E-state index is 12.6. The first kappa shape index (κ1) is 17.8. The second-order valence-electron chi connectivity index (χ2n) is 5.85. The Bertz CT molecular complexity index is 983. The largest absolute Gasteiger partial charge is 0.507 e. The number of nitrogens with two attached hydrogens (primary N) is 2. The lowest BCUT2D eigenvalue weighted by Gasteiger charge is -2.12. The van der Waals surface area contributed by atoms with Gasteiger partial charge in [0.2, 0.25) is 0 Å². The predicted molar refractivity (Wildman–Crippen MR) is 106 cm³/mol. The van der Waals surface area contributed by atoms with Crippen molar-refractivity contribution in [3.63, 3.8) is 0 Å². The van der Waals surface area contributed by atoms with Crippen LogP contribution in [-0.2, 0) is 0 Å². The van der Waals surface area contributed by atoms with Gasteiger partial charge in [0.05, 0.1) is 11.1 Å². The molecule has 0 aliphatic carbocycles. The van der Waals surface area contributed by atoms with E-state index in [0.717, 1.165) is 0 Å². The number of amides is 2. The minimum atomic E-state index is -0.611. The van der Waals surface area contributed by atoms with Crippen molar-refractivity contribution in [3.05, 3.63) is 77.9 Å². The average molecular weight is 362 g/mol. The molecule has 0 bridgehead atoms. The van der Waals surface area contributed by atoms with Crippen LogP contribution in [0.15, 0.2) is 66.7 Å². The van der Waals surface area contributed by atoms with Gasteiger partial charge in [0.25, 0.3) is 11.8 Å². The zero-order valence-electron chi connectivity index (χ0n) is 14.3. The minimum absolute atomic E-state index is 0.0415. The van der Waals surface area contributed by atoms with E-state index in [2.05, 4.69) is 10.6 Å². The van der Waals surface area contributed by atoms with Gasteiger partial charge in [-0.25, -0.2) is 0 Å². The number of aromatic hydroxyl groups is 1. The van der Waals surface area contributed by atoms with Gasteiger partial charge < -0.3 is 27.2 Å². The standard InChI is InChI=1S/C20H18N4O3/c21-12-4-8-14(9-5-12)23-19(26)16-2-1-3-17(25)18(16)20(27)24-15-10-6-13(22)7-11-15/h1-11,25H,21-22H2,(H,23,26)(H,24,27). The molecule has 0 unspecified atom stereocenters. The summed E-state index contributed by atoms with van der Waals surface area (Å²) in [5, 5.41) is 15.5. The lowest BCUT2D eigenvalue weighted by Crippen LogP contribution is -2.20. The average Bonchev–Trinajstić information content (AvgIpc) is 2.65. The number of hydrogen-bond donors (Lipinski definition) is 5. The van der Waals surface area contributed by atoms with Crippen LogP contribution in [0, 0.1) is 0 Å². The SMILES string of the molecule is Nc1ccc(NC(=O)c2cccc(O)c2C(=O)Nc2ccc(N)cc2)cc1. The maximum absolute atomic E-state index is 12.6. The van der Waals surface area contributed by atoms with Gasteiger partial charge in [-0.2, -0.15) is 0 Å². The van der Waals surface area contributed by atoms with Gasteiger partial charge in [-0.1, -0.05) is 6.07 Å². The second kappa shape index (κ2) is 7.49.